The summed E-state index contributed by atoms with van der Waals surface area (Å²) in [5.74, 6) is -1.08. The van der Waals surface area contributed by atoms with Crippen LogP contribution in [0.1, 0.15) is 26.3 Å². The van der Waals surface area contributed by atoms with E-state index in [9.17, 15) is 18.0 Å². The Bertz CT molecular complexity index is 962. The van der Waals surface area contributed by atoms with Gasteiger partial charge in [0.05, 0.1) is 23.7 Å². The van der Waals surface area contributed by atoms with Gasteiger partial charge in [0, 0.05) is 18.7 Å². The molecule has 0 unspecified atom stereocenters. The van der Waals surface area contributed by atoms with Crippen LogP contribution in [0.25, 0.3) is 0 Å². The third-order valence-corrected chi connectivity index (χ3v) is 6.28. The number of ketones is 1. The molecule has 28 heavy (non-hydrogen) atoms. The Morgan fingerprint density at radius 2 is 1.71 bits per heavy atom. The molecular formula is C20H21NO6S. The monoisotopic (exact) mass is 403 g/mol. The Labute approximate surface area is 163 Å². The van der Waals surface area contributed by atoms with Crippen LogP contribution >= 0.6 is 0 Å². The fourth-order valence-corrected chi connectivity index (χ4v) is 4.21. The van der Waals surface area contributed by atoms with Gasteiger partial charge in [-0.25, -0.2) is 13.2 Å². The highest BCUT2D eigenvalue weighted by atomic mass is 32.2. The lowest BCUT2D eigenvalue weighted by Gasteiger charge is -2.26. The van der Waals surface area contributed by atoms with Gasteiger partial charge in [-0.3, -0.25) is 4.79 Å². The van der Waals surface area contributed by atoms with Crippen LogP contribution in [0.5, 0.6) is 0 Å². The number of sulfonamides is 1. The topological polar surface area (TPSA) is 90.0 Å². The molecule has 0 radical (unpaired) electrons. The molecule has 1 saturated heterocycles. The van der Waals surface area contributed by atoms with E-state index in [0.717, 1.165) is 5.56 Å². The van der Waals surface area contributed by atoms with Gasteiger partial charge in [-0.15, -0.1) is 0 Å². The second-order valence-electron chi connectivity index (χ2n) is 6.41. The van der Waals surface area contributed by atoms with Crippen LogP contribution in [0, 0.1) is 6.92 Å². The van der Waals surface area contributed by atoms with E-state index in [1.165, 1.54) is 28.6 Å². The molecular weight excluding hydrogens is 382 g/mol. The van der Waals surface area contributed by atoms with Crippen molar-refractivity contribution in [2.24, 2.45) is 0 Å². The van der Waals surface area contributed by atoms with Gasteiger partial charge >= 0.3 is 5.97 Å². The number of benzene rings is 2. The summed E-state index contributed by atoms with van der Waals surface area (Å²) in [7, 11) is -3.70. The lowest BCUT2D eigenvalue weighted by molar-refractivity contribution is 0.0474. The maximum Gasteiger partial charge on any atom is 0.338 e. The van der Waals surface area contributed by atoms with E-state index in [4.69, 9.17) is 9.47 Å². The largest absolute Gasteiger partial charge is 0.454 e. The first kappa shape index (κ1) is 20.2. The molecule has 1 fully saturated rings. The number of rotatable bonds is 6. The van der Waals surface area contributed by atoms with Gasteiger partial charge in [0.1, 0.15) is 0 Å². The van der Waals surface area contributed by atoms with Crippen molar-refractivity contribution in [3.63, 3.8) is 0 Å². The van der Waals surface area contributed by atoms with Gasteiger partial charge in [-0.05, 0) is 31.2 Å². The fraction of sp³-hybridized carbons (Fsp3) is 0.300. The predicted octanol–water partition coefficient (Wildman–Crippen LogP) is 2.06. The maximum absolute atomic E-state index is 12.7. The molecule has 0 atom stereocenters. The Morgan fingerprint density at radius 3 is 2.39 bits per heavy atom. The highest BCUT2D eigenvalue weighted by Crippen LogP contribution is 2.19. The number of Topliss-reactive ketones (excluding diaryl/α,β-unsaturated/α-hetero) is 1. The molecule has 2 aromatic rings. The Kier molecular flexibility index (Phi) is 6.23. The first-order valence-corrected chi connectivity index (χ1v) is 10.3. The molecule has 2 aromatic carbocycles. The molecule has 1 aliphatic rings. The van der Waals surface area contributed by atoms with E-state index in [2.05, 4.69) is 0 Å². The zero-order valence-corrected chi connectivity index (χ0v) is 16.3. The van der Waals surface area contributed by atoms with E-state index in [1.54, 1.807) is 24.3 Å². The van der Waals surface area contributed by atoms with E-state index in [0.29, 0.717) is 18.8 Å². The number of carbonyl (C=O) groups excluding carboxylic acids is 2. The van der Waals surface area contributed by atoms with Crippen LogP contribution in [0.15, 0.2) is 53.4 Å². The van der Waals surface area contributed by atoms with Gasteiger partial charge < -0.3 is 9.47 Å². The highest BCUT2D eigenvalue weighted by molar-refractivity contribution is 7.89. The minimum absolute atomic E-state index is 0.0325. The van der Waals surface area contributed by atoms with E-state index in [-0.39, 0.29) is 23.5 Å². The second kappa shape index (κ2) is 8.64. The Hall–Kier alpha value is -2.55. The van der Waals surface area contributed by atoms with Crippen molar-refractivity contribution in [2.75, 3.05) is 32.9 Å². The molecule has 3 rings (SSSR count). The molecule has 0 aromatic heterocycles. The molecule has 8 heteroatoms. The summed E-state index contributed by atoms with van der Waals surface area (Å²) >= 11 is 0. The number of nitrogens with zero attached hydrogens (tertiary/aromatic N) is 1. The summed E-state index contributed by atoms with van der Waals surface area (Å²) in [6, 6.07) is 12.6. The molecule has 1 heterocycles. The van der Waals surface area contributed by atoms with Gasteiger partial charge in [-0.2, -0.15) is 4.31 Å². The number of hydrogen-bond donors (Lipinski definition) is 0. The van der Waals surface area contributed by atoms with Crippen LogP contribution in [-0.2, 0) is 19.5 Å². The second-order valence-corrected chi connectivity index (χ2v) is 8.35. The van der Waals surface area contributed by atoms with Crippen LogP contribution in [0.3, 0.4) is 0 Å². The van der Waals surface area contributed by atoms with Gasteiger partial charge in [0.2, 0.25) is 10.0 Å². The summed E-state index contributed by atoms with van der Waals surface area (Å²) < 4.78 is 37.0. The van der Waals surface area contributed by atoms with Crippen molar-refractivity contribution in [3.05, 3.63) is 65.2 Å². The average Bonchev–Trinajstić information content (AvgIpc) is 2.73. The summed E-state index contributed by atoms with van der Waals surface area (Å²) in [5, 5.41) is 0. The lowest BCUT2D eigenvalue weighted by Crippen LogP contribution is -2.40. The lowest BCUT2D eigenvalue weighted by atomic mass is 10.1. The minimum Gasteiger partial charge on any atom is -0.454 e. The molecule has 148 valence electrons. The van der Waals surface area contributed by atoms with Crippen molar-refractivity contribution in [1.82, 2.24) is 4.31 Å². The van der Waals surface area contributed by atoms with Crippen molar-refractivity contribution in [2.45, 2.75) is 11.8 Å². The molecule has 0 saturated carbocycles. The number of hydrogen-bond acceptors (Lipinski definition) is 6. The molecule has 1 aliphatic heterocycles. The number of morpholine rings is 1. The van der Waals surface area contributed by atoms with Crippen molar-refractivity contribution < 1.29 is 27.5 Å². The number of ether oxygens (including phenoxy) is 2. The van der Waals surface area contributed by atoms with Crippen molar-refractivity contribution >= 4 is 21.8 Å². The molecule has 0 aliphatic carbocycles. The van der Waals surface area contributed by atoms with Crippen molar-refractivity contribution in [1.29, 1.82) is 0 Å². The highest BCUT2D eigenvalue weighted by Gasteiger charge is 2.27. The molecule has 0 amide bonds. The number of carbonyl (C=O) groups is 2. The van der Waals surface area contributed by atoms with E-state index < -0.39 is 28.4 Å². The summed E-state index contributed by atoms with van der Waals surface area (Å²) in [4.78, 5) is 24.5. The third-order valence-electron chi connectivity index (χ3n) is 4.39. The first-order chi connectivity index (χ1) is 13.4. The zero-order valence-electron chi connectivity index (χ0n) is 15.5. The Morgan fingerprint density at radius 1 is 1.04 bits per heavy atom. The summed E-state index contributed by atoms with van der Waals surface area (Å²) in [6.45, 7) is 2.66. The minimum atomic E-state index is -3.70. The molecule has 0 spiro atoms. The normalized spacial score (nSPS) is 15.2. The SMILES string of the molecule is Cc1ccc(C(=O)OCC(=O)c2cccc(S(=O)(=O)N3CCOCC3)c2)cc1. The smallest absolute Gasteiger partial charge is 0.338 e. The number of esters is 1. The van der Waals surface area contributed by atoms with E-state index >= 15 is 0 Å². The maximum atomic E-state index is 12.7. The quantitative estimate of drug-likeness (QED) is 0.542. The van der Waals surface area contributed by atoms with Crippen LogP contribution < -0.4 is 0 Å². The molecule has 0 N–H and O–H groups in total. The standard InChI is InChI=1S/C20H21NO6S/c1-15-5-7-16(8-6-15)20(23)27-14-19(22)17-3-2-4-18(13-17)28(24,25)21-9-11-26-12-10-21/h2-8,13H,9-12,14H2,1H3. The predicted molar refractivity (Wildman–Crippen MR) is 102 cm³/mol. The average molecular weight is 403 g/mol. The molecule has 0 bridgehead atoms. The third kappa shape index (κ3) is 4.64. The molecule has 7 nitrogen and oxygen atoms in total. The summed E-state index contributed by atoms with van der Waals surface area (Å²) in [6.07, 6.45) is 0. The van der Waals surface area contributed by atoms with Gasteiger partial charge in [-0.1, -0.05) is 29.8 Å². The van der Waals surface area contributed by atoms with Crippen molar-refractivity contribution in [3.8, 4) is 0 Å². The number of aryl methyl sites for hydroxylation is 1. The van der Waals surface area contributed by atoms with Gasteiger partial charge in [0.25, 0.3) is 0 Å². The first-order valence-electron chi connectivity index (χ1n) is 8.83. The summed E-state index contributed by atoms with van der Waals surface area (Å²) in [5.41, 5.74) is 1.53. The zero-order chi connectivity index (χ0) is 20.1. The fourth-order valence-electron chi connectivity index (χ4n) is 2.75. The van der Waals surface area contributed by atoms with Crippen LogP contribution in [0.2, 0.25) is 0 Å². The van der Waals surface area contributed by atoms with E-state index in [1.807, 2.05) is 6.92 Å². The van der Waals surface area contributed by atoms with Crippen LogP contribution in [0.4, 0.5) is 0 Å². The van der Waals surface area contributed by atoms with Crippen LogP contribution in [-0.4, -0.2) is 57.4 Å². The van der Waals surface area contributed by atoms with Gasteiger partial charge in [0.15, 0.2) is 12.4 Å². The Balaban J connectivity index is 1.68.